The monoisotopic (exact) mass is 378 g/mol. The molecule has 0 bridgehead atoms. The fourth-order valence-corrected chi connectivity index (χ4v) is 3.00. The first-order valence-electron chi connectivity index (χ1n) is 8.54. The van der Waals surface area contributed by atoms with Crippen LogP contribution in [0.5, 0.6) is 28.7 Å². The van der Waals surface area contributed by atoms with Crippen molar-refractivity contribution >= 4 is 0 Å². The lowest BCUT2D eigenvalue weighted by molar-refractivity contribution is 0.0252. The lowest BCUT2D eigenvalue weighted by atomic mass is 9.89. The highest BCUT2D eigenvalue weighted by atomic mass is 16.5. The predicted octanol–water partition coefficient (Wildman–Crippen LogP) is 2.98. The number of aliphatic hydroxyl groups is 1. The van der Waals surface area contributed by atoms with Gasteiger partial charge in [0.25, 0.3) is 0 Å². The second kappa shape index (κ2) is 9.34. The average molecular weight is 378 g/mol. The standard InChI is InChI=1S/C20H26O7/c1-5-27-20(12-6-7-15(22)16(8-12)24-2)14(11-21)13-9-17(25-3)19(23)18(10-13)26-4/h6-10,14,20-23H,5,11H2,1-4H3/t14-,20-/m0/s1. The van der Waals surface area contributed by atoms with Crippen molar-refractivity contribution in [2.24, 2.45) is 0 Å². The number of methoxy groups -OCH3 is 3. The molecule has 0 saturated heterocycles. The summed E-state index contributed by atoms with van der Waals surface area (Å²) in [5.41, 5.74) is 1.41. The van der Waals surface area contributed by atoms with Crippen LogP contribution in [-0.2, 0) is 4.74 Å². The van der Waals surface area contributed by atoms with Crippen molar-refractivity contribution in [3.63, 3.8) is 0 Å². The number of phenols is 2. The highest BCUT2D eigenvalue weighted by molar-refractivity contribution is 5.54. The zero-order valence-corrected chi connectivity index (χ0v) is 15.9. The minimum Gasteiger partial charge on any atom is -0.504 e. The third-order valence-corrected chi connectivity index (χ3v) is 4.37. The largest absolute Gasteiger partial charge is 0.504 e. The molecule has 2 rings (SSSR count). The van der Waals surface area contributed by atoms with Gasteiger partial charge in [-0.15, -0.1) is 0 Å². The first-order chi connectivity index (χ1) is 13.0. The van der Waals surface area contributed by atoms with E-state index in [1.165, 1.54) is 27.4 Å². The topological polar surface area (TPSA) is 97.6 Å². The molecule has 0 aliphatic heterocycles. The van der Waals surface area contributed by atoms with E-state index in [1.54, 1.807) is 24.3 Å². The van der Waals surface area contributed by atoms with Crippen molar-refractivity contribution in [2.45, 2.75) is 18.9 Å². The highest BCUT2D eigenvalue weighted by Crippen LogP contribution is 2.43. The second-order valence-electron chi connectivity index (χ2n) is 5.87. The molecule has 2 aromatic carbocycles. The molecule has 0 aliphatic carbocycles. The molecule has 0 unspecified atom stereocenters. The van der Waals surface area contributed by atoms with E-state index in [0.717, 1.165) is 5.56 Å². The number of phenolic OH excluding ortho intramolecular Hbond substituents is 2. The van der Waals surface area contributed by atoms with E-state index in [-0.39, 0.29) is 29.6 Å². The molecule has 0 saturated carbocycles. The lowest BCUT2D eigenvalue weighted by Gasteiger charge is -2.27. The van der Waals surface area contributed by atoms with Crippen molar-refractivity contribution in [3.05, 3.63) is 41.5 Å². The maximum atomic E-state index is 10.1. The van der Waals surface area contributed by atoms with E-state index in [2.05, 4.69) is 0 Å². The molecular formula is C20H26O7. The van der Waals surface area contributed by atoms with E-state index in [9.17, 15) is 15.3 Å². The van der Waals surface area contributed by atoms with Crippen LogP contribution in [0, 0.1) is 0 Å². The Hall–Kier alpha value is -2.64. The number of benzene rings is 2. The molecule has 0 aromatic heterocycles. The van der Waals surface area contributed by atoms with Gasteiger partial charge >= 0.3 is 0 Å². The van der Waals surface area contributed by atoms with Gasteiger partial charge in [-0.05, 0) is 42.3 Å². The SMILES string of the molecule is CCO[C@@H](c1ccc(O)c(OC)c1)[C@@H](CO)c1cc(OC)c(O)c(OC)c1. The van der Waals surface area contributed by atoms with Gasteiger partial charge in [0.15, 0.2) is 23.0 Å². The molecule has 27 heavy (non-hydrogen) atoms. The molecule has 0 heterocycles. The van der Waals surface area contributed by atoms with Crippen molar-refractivity contribution in [3.8, 4) is 28.7 Å². The van der Waals surface area contributed by atoms with E-state index in [0.29, 0.717) is 17.9 Å². The molecule has 2 aromatic rings. The van der Waals surface area contributed by atoms with Crippen molar-refractivity contribution in [2.75, 3.05) is 34.5 Å². The molecule has 7 nitrogen and oxygen atoms in total. The Kier molecular flexibility index (Phi) is 7.15. The molecule has 2 atom stereocenters. The van der Waals surface area contributed by atoms with Gasteiger partial charge in [-0.1, -0.05) is 6.07 Å². The summed E-state index contributed by atoms with van der Waals surface area (Å²) in [4.78, 5) is 0. The zero-order chi connectivity index (χ0) is 20.0. The summed E-state index contributed by atoms with van der Waals surface area (Å²) in [7, 11) is 4.35. The van der Waals surface area contributed by atoms with Crippen LogP contribution in [0.4, 0.5) is 0 Å². The van der Waals surface area contributed by atoms with Crippen LogP contribution in [0.2, 0.25) is 0 Å². The zero-order valence-electron chi connectivity index (χ0n) is 15.9. The quantitative estimate of drug-likeness (QED) is 0.617. The van der Waals surface area contributed by atoms with Crippen LogP contribution < -0.4 is 14.2 Å². The Bertz CT molecular complexity index is 735. The lowest BCUT2D eigenvalue weighted by Crippen LogP contribution is -2.18. The Balaban J connectivity index is 2.54. The molecular weight excluding hydrogens is 352 g/mol. The van der Waals surface area contributed by atoms with Crippen LogP contribution in [0.1, 0.15) is 30.1 Å². The summed E-state index contributed by atoms with van der Waals surface area (Å²) in [6.07, 6.45) is -0.520. The van der Waals surface area contributed by atoms with Gasteiger partial charge in [-0.3, -0.25) is 0 Å². The summed E-state index contributed by atoms with van der Waals surface area (Å²) >= 11 is 0. The molecule has 3 N–H and O–H groups in total. The van der Waals surface area contributed by atoms with Crippen LogP contribution in [-0.4, -0.2) is 49.9 Å². The number of aliphatic hydroxyl groups excluding tert-OH is 1. The maximum absolute atomic E-state index is 10.1. The molecule has 0 fully saturated rings. The van der Waals surface area contributed by atoms with Gasteiger partial charge in [0.05, 0.1) is 34.0 Å². The third-order valence-electron chi connectivity index (χ3n) is 4.37. The molecule has 148 valence electrons. The summed E-state index contributed by atoms with van der Waals surface area (Å²) < 4.78 is 21.5. The summed E-state index contributed by atoms with van der Waals surface area (Å²) in [6.45, 7) is 2.05. The van der Waals surface area contributed by atoms with Gasteiger partial charge in [-0.2, -0.15) is 0 Å². The van der Waals surface area contributed by atoms with Crippen molar-refractivity contribution in [1.82, 2.24) is 0 Å². The van der Waals surface area contributed by atoms with Gasteiger partial charge in [0.2, 0.25) is 5.75 Å². The van der Waals surface area contributed by atoms with Crippen LogP contribution in [0.25, 0.3) is 0 Å². The molecule has 0 amide bonds. The summed E-state index contributed by atoms with van der Waals surface area (Å²) in [5.74, 6) is 0.227. The Morgan fingerprint density at radius 1 is 0.852 bits per heavy atom. The van der Waals surface area contributed by atoms with E-state index in [1.807, 2.05) is 6.92 Å². The average Bonchev–Trinajstić information content (AvgIpc) is 2.69. The number of aromatic hydroxyl groups is 2. The molecule has 0 spiro atoms. The summed E-state index contributed by atoms with van der Waals surface area (Å²) in [5, 5.41) is 30.1. The van der Waals surface area contributed by atoms with E-state index in [4.69, 9.17) is 18.9 Å². The maximum Gasteiger partial charge on any atom is 0.200 e. The van der Waals surface area contributed by atoms with Crippen molar-refractivity contribution < 1.29 is 34.3 Å². The number of ether oxygens (including phenoxy) is 4. The van der Waals surface area contributed by atoms with Crippen LogP contribution in [0.15, 0.2) is 30.3 Å². The fraction of sp³-hybridized carbons (Fsp3) is 0.400. The highest BCUT2D eigenvalue weighted by Gasteiger charge is 2.28. The van der Waals surface area contributed by atoms with E-state index < -0.39 is 12.0 Å². The van der Waals surface area contributed by atoms with Crippen LogP contribution in [0.3, 0.4) is 0 Å². The van der Waals surface area contributed by atoms with Gasteiger partial charge in [0, 0.05) is 12.5 Å². The predicted molar refractivity (Wildman–Crippen MR) is 100 cm³/mol. The fourth-order valence-electron chi connectivity index (χ4n) is 3.00. The minimum absolute atomic E-state index is 0.0185. The molecule has 7 heteroatoms. The van der Waals surface area contributed by atoms with Gasteiger partial charge in [-0.25, -0.2) is 0 Å². The first-order valence-corrected chi connectivity index (χ1v) is 8.54. The molecule has 0 radical (unpaired) electrons. The number of rotatable bonds is 9. The van der Waals surface area contributed by atoms with Gasteiger partial charge in [0.1, 0.15) is 0 Å². The van der Waals surface area contributed by atoms with Crippen molar-refractivity contribution in [1.29, 1.82) is 0 Å². The van der Waals surface area contributed by atoms with Crippen LogP contribution >= 0.6 is 0 Å². The molecule has 0 aliphatic rings. The second-order valence-corrected chi connectivity index (χ2v) is 5.87. The Labute approximate surface area is 158 Å². The smallest absolute Gasteiger partial charge is 0.200 e. The number of hydrogen-bond acceptors (Lipinski definition) is 7. The minimum atomic E-state index is -0.520. The Morgan fingerprint density at radius 2 is 1.41 bits per heavy atom. The Morgan fingerprint density at radius 3 is 1.89 bits per heavy atom. The van der Waals surface area contributed by atoms with Gasteiger partial charge < -0.3 is 34.3 Å². The third kappa shape index (κ3) is 4.37. The number of hydrogen-bond donors (Lipinski definition) is 3. The summed E-state index contributed by atoms with van der Waals surface area (Å²) in [6, 6.07) is 8.19. The first kappa shape index (κ1) is 20.7. The van der Waals surface area contributed by atoms with E-state index >= 15 is 0 Å². The normalized spacial score (nSPS) is 13.1.